The summed E-state index contributed by atoms with van der Waals surface area (Å²) in [6.07, 6.45) is 35.4. The second-order valence-electron chi connectivity index (χ2n) is 14.7. The highest BCUT2D eigenvalue weighted by Crippen LogP contribution is 2.54. The van der Waals surface area contributed by atoms with Crippen LogP contribution in [0, 0.1) is 29.1 Å². The average molecular weight is 577 g/mol. The fourth-order valence-corrected chi connectivity index (χ4v) is 7.25. The summed E-state index contributed by atoms with van der Waals surface area (Å²) < 4.78 is 5.45. The molecule has 2 heteroatoms. The largest absolute Gasteiger partial charge is 0.463 e. The molecule has 0 N–H and O–H groups in total. The summed E-state index contributed by atoms with van der Waals surface area (Å²) in [5.41, 5.74) is 5.40. The maximum atomic E-state index is 12.2. The van der Waals surface area contributed by atoms with Crippen molar-refractivity contribution in [1.82, 2.24) is 0 Å². The van der Waals surface area contributed by atoms with Crippen LogP contribution in [0.25, 0.3) is 0 Å². The standard InChI is InChI=1S/C40H64O2/c1-7-8-13-21-34-28-36(34)30-37-29-35(37)22-14-11-9-10-12-15-26-42-39(41)27-32(3)19-16-18-31(2)23-24-38-33(4)20-17-25-40(38,5)6/h16,18-19,23-24,27,34-37H,7-15,17,20-22,25-26,28-30H2,1-6H3. The summed E-state index contributed by atoms with van der Waals surface area (Å²) in [6, 6.07) is 0. The van der Waals surface area contributed by atoms with Crippen LogP contribution in [0.1, 0.15) is 151 Å². The lowest BCUT2D eigenvalue weighted by Crippen LogP contribution is -2.19. The average Bonchev–Trinajstić information content (AvgIpc) is 3.85. The molecule has 0 saturated heterocycles. The SMILES string of the molecule is CCCCCC1CC1CC1CC1CCCCCCCCOC(=O)C=C(C)C=CC=C(C)C=CC1=C(C)CCCC1(C)C. The molecule has 4 atom stereocenters. The fourth-order valence-electron chi connectivity index (χ4n) is 7.25. The summed E-state index contributed by atoms with van der Waals surface area (Å²) in [7, 11) is 0. The third kappa shape index (κ3) is 13.2. The lowest BCUT2D eigenvalue weighted by atomic mass is 9.72. The molecule has 0 radical (unpaired) electrons. The van der Waals surface area contributed by atoms with Crippen LogP contribution in [0.15, 0.2) is 58.7 Å². The first-order valence-electron chi connectivity index (χ1n) is 17.8. The van der Waals surface area contributed by atoms with Crippen LogP contribution < -0.4 is 0 Å². The van der Waals surface area contributed by atoms with Gasteiger partial charge >= 0.3 is 5.97 Å². The Morgan fingerprint density at radius 2 is 1.50 bits per heavy atom. The third-order valence-corrected chi connectivity index (χ3v) is 10.3. The van der Waals surface area contributed by atoms with E-state index in [0.717, 1.165) is 42.1 Å². The van der Waals surface area contributed by atoms with Crippen LogP contribution in [0.5, 0.6) is 0 Å². The Hall–Kier alpha value is -1.83. The van der Waals surface area contributed by atoms with Gasteiger partial charge in [-0.3, -0.25) is 0 Å². The van der Waals surface area contributed by atoms with Crippen LogP contribution in [-0.4, -0.2) is 12.6 Å². The number of carbonyl (C=O) groups excluding carboxylic acids is 1. The van der Waals surface area contributed by atoms with Gasteiger partial charge in [0.05, 0.1) is 6.61 Å². The summed E-state index contributed by atoms with van der Waals surface area (Å²) in [4.78, 5) is 12.2. The van der Waals surface area contributed by atoms with Crippen molar-refractivity contribution in [3.8, 4) is 0 Å². The van der Waals surface area contributed by atoms with E-state index in [1.54, 1.807) is 18.9 Å². The van der Waals surface area contributed by atoms with Crippen LogP contribution in [0.2, 0.25) is 0 Å². The quantitative estimate of drug-likeness (QED) is 0.0623. The molecule has 0 bridgehead atoms. The molecule has 0 spiro atoms. The predicted octanol–water partition coefficient (Wildman–Crippen LogP) is 12.0. The number of unbranched alkanes of at least 4 members (excludes halogenated alkanes) is 7. The van der Waals surface area contributed by atoms with Crippen molar-refractivity contribution in [2.75, 3.05) is 6.61 Å². The van der Waals surface area contributed by atoms with Crippen molar-refractivity contribution in [3.05, 3.63) is 58.7 Å². The highest BCUT2D eigenvalue weighted by molar-refractivity contribution is 5.83. The minimum Gasteiger partial charge on any atom is -0.463 e. The Morgan fingerprint density at radius 1 is 0.857 bits per heavy atom. The van der Waals surface area contributed by atoms with Gasteiger partial charge in [-0.05, 0) is 106 Å². The van der Waals surface area contributed by atoms with Crippen molar-refractivity contribution in [2.24, 2.45) is 29.1 Å². The van der Waals surface area contributed by atoms with E-state index in [1.165, 1.54) is 100 Å². The molecular weight excluding hydrogens is 512 g/mol. The molecule has 236 valence electrons. The van der Waals surface area contributed by atoms with E-state index in [9.17, 15) is 4.79 Å². The summed E-state index contributed by atoms with van der Waals surface area (Å²) in [5, 5.41) is 0. The Morgan fingerprint density at radius 3 is 2.17 bits per heavy atom. The monoisotopic (exact) mass is 576 g/mol. The zero-order valence-corrected chi connectivity index (χ0v) is 28.3. The second-order valence-corrected chi connectivity index (χ2v) is 14.7. The molecule has 0 aromatic heterocycles. The highest BCUT2D eigenvalue weighted by Gasteiger charge is 2.44. The van der Waals surface area contributed by atoms with Crippen molar-refractivity contribution in [2.45, 2.75) is 151 Å². The molecule has 2 saturated carbocycles. The lowest BCUT2D eigenvalue weighted by molar-refractivity contribution is -0.137. The smallest absolute Gasteiger partial charge is 0.331 e. The zero-order valence-electron chi connectivity index (χ0n) is 28.3. The highest BCUT2D eigenvalue weighted by atomic mass is 16.5. The molecule has 0 aromatic carbocycles. The molecule has 2 nitrogen and oxygen atoms in total. The molecule has 4 unspecified atom stereocenters. The lowest BCUT2D eigenvalue weighted by Gasteiger charge is -2.32. The van der Waals surface area contributed by atoms with E-state index in [4.69, 9.17) is 4.74 Å². The topological polar surface area (TPSA) is 26.3 Å². The molecule has 0 amide bonds. The van der Waals surface area contributed by atoms with Gasteiger partial charge in [0.2, 0.25) is 0 Å². The first-order chi connectivity index (χ1) is 20.2. The summed E-state index contributed by atoms with van der Waals surface area (Å²) >= 11 is 0. The van der Waals surface area contributed by atoms with Gasteiger partial charge in [0, 0.05) is 6.08 Å². The predicted molar refractivity (Wildman–Crippen MR) is 181 cm³/mol. The first-order valence-corrected chi connectivity index (χ1v) is 17.8. The van der Waals surface area contributed by atoms with E-state index in [-0.39, 0.29) is 11.4 Å². The van der Waals surface area contributed by atoms with Crippen molar-refractivity contribution in [3.63, 3.8) is 0 Å². The number of hydrogen-bond acceptors (Lipinski definition) is 2. The number of rotatable bonds is 20. The van der Waals surface area contributed by atoms with Crippen molar-refractivity contribution < 1.29 is 9.53 Å². The number of esters is 1. The number of ether oxygens (including phenoxy) is 1. The molecule has 0 aliphatic heterocycles. The van der Waals surface area contributed by atoms with Gasteiger partial charge in [-0.15, -0.1) is 0 Å². The van der Waals surface area contributed by atoms with E-state index < -0.39 is 0 Å². The Labute approximate surface area is 260 Å². The molecule has 0 heterocycles. The van der Waals surface area contributed by atoms with E-state index in [2.05, 4.69) is 52.8 Å². The number of allylic oxidation sites excluding steroid dienone is 9. The molecule has 3 aliphatic rings. The zero-order chi connectivity index (χ0) is 30.4. The molecule has 2 fully saturated rings. The molecule has 0 aromatic rings. The van der Waals surface area contributed by atoms with Gasteiger partial charge in [-0.2, -0.15) is 0 Å². The van der Waals surface area contributed by atoms with Crippen molar-refractivity contribution in [1.29, 1.82) is 0 Å². The van der Waals surface area contributed by atoms with Crippen molar-refractivity contribution >= 4 is 5.97 Å². The van der Waals surface area contributed by atoms with Gasteiger partial charge in [-0.1, -0.05) is 127 Å². The Kier molecular flexibility index (Phi) is 14.9. The Balaban J connectivity index is 1.17. The van der Waals surface area contributed by atoms with Gasteiger partial charge in [-0.25, -0.2) is 4.79 Å². The van der Waals surface area contributed by atoms with E-state index >= 15 is 0 Å². The van der Waals surface area contributed by atoms with Gasteiger partial charge in [0.25, 0.3) is 0 Å². The third-order valence-electron chi connectivity index (χ3n) is 10.3. The van der Waals surface area contributed by atoms with Gasteiger partial charge in [0.1, 0.15) is 0 Å². The van der Waals surface area contributed by atoms with E-state index in [1.807, 2.05) is 19.1 Å². The first kappa shape index (κ1) is 34.7. The van der Waals surface area contributed by atoms with Crippen LogP contribution in [0.4, 0.5) is 0 Å². The summed E-state index contributed by atoms with van der Waals surface area (Å²) in [5.74, 6) is 4.11. The van der Waals surface area contributed by atoms with Crippen LogP contribution >= 0.6 is 0 Å². The van der Waals surface area contributed by atoms with Crippen LogP contribution in [-0.2, 0) is 9.53 Å². The van der Waals surface area contributed by atoms with Gasteiger partial charge in [0.15, 0.2) is 0 Å². The molecular formula is C40H64O2. The minimum absolute atomic E-state index is 0.225. The molecule has 3 aliphatic carbocycles. The molecule has 3 rings (SSSR count). The number of hydrogen-bond donors (Lipinski definition) is 0. The maximum absolute atomic E-state index is 12.2. The van der Waals surface area contributed by atoms with E-state index in [0.29, 0.717) is 6.61 Å². The minimum atomic E-state index is -0.225. The number of carbonyl (C=O) groups is 1. The van der Waals surface area contributed by atoms with Crippen LogP contribution in [0.3, 0.4) is 0 Å². The summed E-state index contributed by atoms with van der Waals surface area (Å²) in [6.45, 7) is 13.9. The second kappa shape index (κ2) is 18.1. The molecule has 42 heavy (non-hydrogen) atoms. The maximum Gasteiger partial charge on any atom is 0.331 e. The Bertz CT molecular complexity index is 987. The normalized spacial score (nSPS) is 26.0. The van der Waals surface area contributed by atoms with Gasteiger partial charge < -0.3 is 4.74 Å². The fraction of sp³-hybridized carbons (Fsp3) is 0.725.